The summed E-state index contributed by atoms with van der Waals surface area (Å²) in [4.78, 5) is 24.1. The van der Waals surface area contributed by atoms with E-state index < -0.39 is 12.3 Å². The van der Waals surface area contributed by atoms with Crippen molar-refractivity contribution in [2.75, 3.05) is 0 Å². The van der Waals surface area contributed by atoms with Crippen molar-refractivity contribution < 1.29 is 23.8 Å². The highest BCUT2D eigenvalue weighted by Gasteiger charge is 2.17. The highest BCUT2D eigenvalue weighted by molar-refractivity contribution is 5.88. The molecule has 6 nitrogen and oxygen atoms in total. The van der Waals surface area contributed by atoms with Gasteiger partial charge in [0.05, 0.1) is 17.6 Å². The molecule has 6 heteroatoms. The summed E-state index contributed by atoms with van der Waals surface area (Å²) < 4.78 is 16.6. The Kier molecular flexibility index (Phi) is 9.41. The van der Waals surface area contributed by atoms with Gasteiger partial charge in [-0.1, -0.05) is 57.2 Å². The minimum atomic E-state index is -0.635. The fourth-order valence-corrected chi connectivity index (χ4v) is 3.22. The molecule has 0 aliphatic rings. The fraction of sp³-hybridized carbons (Fsp3) is 0.233. The predicted octanol–water partition coefficient (Wildman–Crippen LogP) is 6.55. The molecule has 3 aromatic carbocycles. The summed E-state index contributed by atoms with van der Waals surface area (Å²) in [5.41, 5.74) is 3.32. The third kappa shape index (κ3) is 7.85. The third-order valence-electron chi connectivity index (χ3n) is 5.22. The van der Waals surface area contributed by atoms with Crippen LogP contribution in [0.2, 0.25) is 0 Å². The van der Waals surface area contributed by atoms with Gasteiger partial charge in [-0.3, -0.25) is 4.79 Å². The first-order valence-electron chi connectivity index (χ1n) is 11.9. The van der Waals surface area contributed by atoms with Gasteiger partial charge in [0, 0.05) is 12.5 Å². The lowest BCUT2D eigenvalue weighted by Gasteiger charge is -2.20. The molecule has 0 aliphatic carbocycles. The van der Waals surface area contributed by atoms with E-state index in [-0.39, 0.29) is 11.9 Å². The number of rotatable bonds is 10. The van der Waals surface area contributed by atoms with Crippen LogP contribution in [-0.4, -0.2) is 18.2 Å². The van der Waals surface area contributed by atoms with Crippen LogP contribution < -0.4 is 9.47 Å². The SMILES string of the molecule is CCCC(OC(=O)C(C)C)Oc1ccc(/C=C/C(=O)Oc2ccc(-c3ccc(C#N)cc3)cc2)cc1. The van der Waals surface area contributed by atoms with Crippen molar-refractivity contribution in [3.05, 3.63) is 90.0 Å². The molecule has 1 unspecified atom stereocenters. The Morgan fingerprint density at radius 1 is 0.889 bits per heavy atom. The Balaban J connectivity index is 1.54. The molecular weight excluding hydrogens is 454 g/mol. The molecule has 0 spiro atoms. The summed E-state index contributed by atoms with van der Waals surface area (Å²) in [6.45, 7) is 5.56. The third-order valence-corrected chi connectivity index (χ3v) is 5.22. The van der Waals surface area contributed by atoms with E-state index in [0.717, 1.165) is 23.1 Å². The highest BCUT2D eigenvalue weighted by atomic mass is 16.7. The minimum Gasteiger partial charge on any atom is -0.455 e. The Labute approximate surface area is 211 Å². The number of carbonyl (C=O) groups is 2. The quantitative estimate of drug-likeness (QED) is 0.141. The van der Waals surface area contributed by atoms with Gasteiger partial charge in [0.25, 0.3) is 0 Å². The van der Waals surface area contributed by atoms with Crippen molar-refractivity contribution in [1.29, 1.82) is 5.26 Å². The standard InChI is InChI=1S/C30H29NO5/c1-4-5-29(36-30(33)21(2)3)35-27-15-8-22(9-16-27)10-19-28(32)34-26-17-13-25(14-18-26)24-11-6-23(20-31)7-12-24/h6-19,21,29H,4-5H2,1-3H3/b19-10+. The molecule has 184 valence electrons. The average molecular weight is 484 g/mol. The van der Waals surface area contributed by atoms with Crippen molar-refractivity contribution >= 4 is 18.0 Å². The van der Waals surface area contributed by atoms with Gasteiger partial charge in [0.1, 0.15) is 11.5 Å². The van der Waals surface area contributed by atoms with Gasteiger partial charge in [0.2, 0.25) is 6.29 Å². The van der Waals surface area contributed by atoms with E-state index in [1.807, 2.05) is 31.2 Å². The highest BCUT2D eigenvalue weighted by Crippen LogP contribution is 2.23. The van der Waals surface area contributed by atoms with Gasteiger partial charge < -0.3 is 14.2 Å². The summed E-state index contributed by atoms with van der Waals surface area (Å²) in [6, 6.07) is 23.7. The van der Waals surface area contributed by atoms with Crippen LogP contribution in [-0.2, 0) is 14.3 Å². The van der Waals surface area contributed by atoms with Crippen molar-refractivity contribution in [3.63, 3.8) is 0 Å². The van der Waals surface area contributed by atoms with Gasteiger partial charge in [-0.2, -0.15) is 5.26 Å². The molecule has 0 N–H and O–H groups in total. The van der Waals surface area contributed by atoms with E-state index in [0.29, 0.717) is 23.5 Å². The summed E-state index contributed by atoms with van der Waals surface area (Å²) in [5, 5.41) is 8.91. The van der Waals surface area contributed by atoms with Crippen molar-refractivity contribution in [2.24, 2.45) is 5.92 Å². The summed E-state index contributed by atoms with van der Waals surface area (Å²) in [7, 11) is 0. The molecule has 0 aromatic heterocycles. The molecule has 0 saturated heterocycles. The summed E-state index contributed by atoms with van der Waals surface area (Å²) in [6.07, 6.45) is 3.79. The molecule has 36 heavy (non-hydrogen) atoms. The van der Waals surface area contributed by atoms with Gasteiger partial charge in [-0.15, -0.1) is 0 Å². The Hall–Kier alpha value is -4.37. The van der Waals surface area contributed by atoms with E-state index in [2.05, 4.69) is 6.07 Å². The smallest absolute Gasteiger partial charge is 0.336 e. The first-order valence-corrected chi connectivity index (χ1v) is 11.9. The number of carbonyl (C=O) groups excluding carboxylic acids is 2. The van der Waals surface area contributed by atoms with Crippen LogP contribution in [0, 0.1) is 17.2 Å². The zero-order chi connectivity index (χ0) is 25.9. The second-order valence-electron chi connectivity index (χ2n) is 8.46. The molecule has 3 rings (SSSR count). The number of nitrogens with zero attached hydrogens (tertiary/aromatic N) is 1. The zero-order valence-electron chi connectivity index (χ0n) is 20.6. The van der Waals surface area contributed by atoms with Crippen LogP contribution in [0.1, 0.15) is 44.7 Å². The average Bonchev–Trinajstić information content (AvgIpc) is 2.89. The van der Waals surface area contributed by atoms with Crippen molar-refractivity contribution in [2.45, 2.75) is 39.9 Å². The van der Waals surface area contributed by atoms with Crippen LogP contribution in [0.3, 0.4) is 0 Å². The number of nitriles is 1. The molecule has 0 saturated carbocycles. The molecule has 0 fully saturated rings. The second-order valence-corrected chi connectivity index (χ2v) is 8.46. The van der Waals surface area contributed by atoms with Crippen LogP contribution in [0.4, 0.5) is 0 Å². The molecule has 0 bridgehead atoms. The molecule has 3 aromatic rings. The van der Waals surface area contributed by atoms with E-state index in [9.17, 15) is 9.59 Å². The molecular formula is C30H29NO5. The van der Waals surface area contributed by atoms with E-state index in [1.54, 1.807) is 68.5 Å². The lowest BCUT2D eigenvalue weighted by atomic mass is 10.0. The van der Waals surface area contributed by atoms with E-state index >= 15 is 0 Å². The Morgan fingerprint density at radius 2 is 1.47 bits per heavy atom. The van der Waals surface area contributed by atoms with Crippen LogP contribution in [0.5, 0.6) is 11.5 Å². The monoisotopic (exact) mass is 483 g/mol. The number of esters is 2. The van der Waals surface area contributed by atoms with Gasteiger partial charge in [-0.25, -0.2) is 4.79 Å². The molecule has 0 radical (unpaired) electrons. The first kappa shape index (κ1) is 26.2. The topological polar surface area (TPSA) is 85.6 Å². The Bertz CT molecular complexity index is 1220. The minimum absolute atomic E-state index is 0.222. The molecule has 1 atom stereocenters. The number of benzene rings is 3. The summed E-state index contributed by atoms with van der Waals surface area (Å²) in [5.74, 6) is -0.00281. The molecule has 0 aliphatic heterocycles. The lowest BCUT2D eigenvalue weighted by Crippen LogP contribution is -2.26. The van der Waals surface area contributed by atoms with Gasteiger partial charge >= 0.3 is 11.9 Å². The Morgan fingerprint density at radius 3 is 2.03 bits per heavy atom. The number of hydrogen-bond donors (Lipinski definition) is 0. The van der Waals surface area contributed by atoms with Crippen LogP contribution in [0.25, 0.3) is 17.2 Å². The molecule has 0 amide bonds. The maximum absolute atomic E-state index is 12.2. The maximum atomic E-state index is 12.2. The van der Waals surface area contributed by atoms with Gasteiger partial charge in [-0.05, 0) is 65.6 Å². The zero-order valence-corrected chi connectivity index (χ0v) is 20.6. The predicted molar refractivity (Wildman–Crippen MR) is 138 cm³/mol. The second kappa shape index (κ2) is 12.9. The normalized spacial score (nSPS) is 11.6. The van der Waals surface area contributed by atoms with Crippen molar-refractivity contribution in [3.8, 4) is 28.7 Å². The molecule has 0 heterocycles. The van der Waals surface area contributed by atoms with Gasteiger partial charge in [0.15, 0.2) is 0 Å². The number of hydrogen-bond acceptors (Lipinski definition) is 6. The largest absolute Gasteiger partial charge is 0.455 e. The first-order chi connectivity index (χ1) is 17.4. The van der Waals surface area contributed by atoms with Crippen LogP contribution >= 0.6 is 0 Å². The number of ether oxygens (including phenoxy) is 3. The van der Waals surface area contributed by atoms with Crippen molar-refractivity contribution in [1.82, 2.24) is 0 Å². The maximum Gasteiger partial charge on any atom is 0.336 e. The van der Waals surface area contributed by atoms with E-state index in [4.69, 9.17) is 19.5 Å². The van der Waals surface area contributed by atoms with Crippen LogP contribution in [0.15, 0.2) is 78.9 Å². The summed E-state index contributed by atoms with van der Waals surface area (Å²) >= 11 is 0. The van der Waals surface area contributed by atoms with E-state index in [1.165, 1.54) is 6.08 Å². The fourth-order valence-electron chi connectivity index (χ4n) is 3.22. The lowest BCUT2D eigenvalue weighted by molar-refractivity contribution is -0.168.